The molecule has 2 atom stereocenters. The third-order valence-electron chi connectivity index (χ3n) is 3.43. The van der Waals surface area contributed by atoms with Crippen LogP contribution < -0.4 is 0 Å². The molecule has 0 amide bonds. The van der Waals surface area contributed by atoms with Crippen LogP contribution in [0.25, 0.3) is 0 Å². The average Bonchev–Trinajstić information content (AvgIpc) is 3.10. The van der Waals surface area contributed by atoms with Crippen LogP contribution in [-0.2, 0) is 4.79 Å². The summed E-state index contributed by atoms with van der Waals surface area (Å²) in [4.78, 5) is 11.8. The molecule has 1 aromatic rings. The van der Waals surface area contributed by atoms with Gasteiger partial charge in [-0.15, -0.1) is 0 Å². The number of ketones is 1. The second-order valence-corrected chi connectivity index (χ2v) is 4.72. The number of rotatable bonds is 3. The maximum Gasteiger partial charge on any atom is 0.139 e. The monoisotopic (exact) mass is 202 g/mol. The molecule has 0 heterocycles. The first-order valence-corrected chi connectivity index (χ1v) is 5.58. The molecule has 1 N–H and O–H groups in total. The summed E-state index contributed by atoms with van der Waals surface area (Å²) in [6, 6.07) is 7.31. The van der Waals surface area contributed by atoms with Crippen molar-refractivity contribution in [1.29, 1.82) is 0 Å². The largest absolute Gasteiger partial charge is 0.508 e. The highest BCUT2D eigenvalue weighted by Gasteiger charge is 2.48. The first-order chi connectivity index (χ1) is 7.25. The number of hydrogen-bond acceptors (Lipinski definition) is 2. The van der Waals surface area contributed by atoms with Gasteiger partial charge >= 0.3 is 0 Å². The predicted octanol–water partition coefficient (Wildman–Crippen LogP) is 2.47. The van der Waals surface area contributed by atoms with E-state index in [4.69, 9.17) is 0 Å². The zero-order valence-corrected chi connectivity index (χ0v) is 8.52. The summed E-state index contributed by atoms with van der Waals surface area (Å²) < 4.78 is 0. The van der Waals surface area contributed by atoms with E-state index in [2.05, 4.69) is 0 Å². The van der Waals surface area contributed by atoms with Crippen LogP contribution >= 0.6 is 0 Å². The van der Waals surface area contributed by atoms with E-state index in [0.717, 1.165) is 24.8 Å². The normalized spacial score (nSPS) is 28.8. The molecule has 0 spiro atoms. The lowest BCUT2D eigenvalue weighted by atomic mass is 10.1. The minimum absolute atomic E-state index is 0.249. The highest BCUT2D eigenvalue weighted by molar-refractivity contribution is 5.88. The highest BCUT2D eigenvalue weighted by atomic mass is 16.3. The summed E-state index contributed by atoms with van der Waals surface area (Å²) in [7, 11) is 0. The van der Waals surface area contributed by atoms with Crippen molar-refractivity contribution >= 4 is 5.78 Å². The Morgan fingerprint density at radius 1 is 1.33 bits per heavy atom. The molecule has 2 saturated carbocycles. The molecule has 3 rings (SSSR count). The number of aromatic hydroxyl groups is 1. The number of benzene rings is 1. The maximum absolute atomic E-state index is 11.8. The molecule has 0 saturated heterocycles. The van der Waals surface area contributed by atoms with Crippen molar-refractivity contribution in [3.63, 3.8) is 0 Å². The smallest absolute Gasteiger partial charge is 0.139 e. The van der Waals surface area contributed by atoms with Gasteiger partial charge in [-0.05, 0) is 42.9 Å². The summed E-state index contributed by atoms with van der Waals surface area (Å²) in [5.41, 5.74) is 1.12. The lowest BCUT2D eigenvalue weighted by Crippen LogP contribution is -2.03. The minimum Gasteiger partial charge on any atom is -0.508 e. The van der Waals surface area contributed by atoms with Gasteiger partial charge in [-0.2, -0.15) is 0 Å². The maximum atomic E-state index is 11.8. The molecule has 0 aliphatic heterocycles. The van der Waals surface area contributed by atoms with Crippen molar-refractivity contribution in [2.45, 2.75) is 25.2 Å². The van der Waals surface area contributed by atoms with E-state index in [0.29, 0.717) is 23.4 Å². The van der Waals surface area contributed by atoms with Crippen LogP contribution in [0.15, 0.2) is 24.3 Å². The molecule has 0 aromatic heterocycles. The first kappa shape index (κ1) is 8.96. The van der Waals surface area contributed by atoms with Crippen LogP contribution in [0, 0.1) is 11.8 Å². The van der Waals surface area contributed by atoms with Gasteiger partial charge in [0.25, 0.3) is 0 Å². The van der Waals surface area contributed by atoms with E-state index in [1.54, 1.807) is 12.1 Å². The summed E-state index contributed by atoms with van der Waals surface area (Å²) in [6.45, 7) is 0. The summed E-state index contributed by atoms with van der Waals surface area (Å²) in [6.07, 6.45) is 3.18. The summed E-state index contributed by atoms with van der Waals surface area (Å²) in [5.74, 6) is 1.77. The Balaban J connectivity index is 1.73. The van der Waals surface area contributed by atoms with Crippen molar-refractivity contribution in [3.05, 3.63) is 29.8 Å². The third kappa shape index (κ3) is 1.65. The topological polar surface area (TPSA) is 37.3 Å². The van der Waals surface area contributed by atoms with E-state index >= 15 is 0 Å². The minimum atomic E-state index is 0.249. The molecule has 1 aromatic carbocycles. The van der Waals surface area contributed by atoms with Crippen LogP contribution in [0.1, 0.15) is 30.7 Å². The molecule has 0 bridgehead atoms. The lowest BCUT2D eigenvalue weighted by Gasteiger charge is -2.00. The van der Waals surface area contributed by atoms with Gasteiger partial charge in [0.15, 0.2) is 0 Å². The second-order valence-electron chi connectivity index (χ2n) is 4.72. The Kier molecular flexibility index (Phi) is 1.84. The average molecular weight is 202 g/mol. The van der Waals surface area contributed by atoms with Crippen molar-refractivity contribution in [2.24, 2.45) is 11.8 Å². The summed E-state index contributed by atoms with van der Waals surface area (Å²) in [5, 5.41) is 9.35. The molecule has 2 fully saturated rings. The van der Waals surface area contributed by atoms with Crippen LogP contribution in [0.2, 0.25) is 0 Å². The number of hydrogen-bond donors (Lipinski definition) is 1. The number of Topliss-reactive ketones (excluding diaryl/α,β-unsaturated/α-hetero) is 1. The molecule has 2 unspecified atom stereocenters. The number of phenolic OH excluding ortho intramolecular Hbond substituents is 1. The van der Waals surface area contributed by atoms with E-state index in [1.807, 2.05) is 12.1 Å². The fraction of sp³-hybridized carbons (Fsp3) is 0.462. The van der Waals surface area contributed by atoms with Gasteiger partial charge in [0.05, 0.1) is 0 Å². The Bertz CT molecular complexity index is 407. The first-order valence-electron chi connectivity index (χ1n) is 5.58. The number of carbonyl (C=O) groups is 1. The molecule has 0 radical (unpaired) electrons. The zero-order chi connectivity index (χ0) is 10.4. The van der Waals surface area contributed by atoms with Crippen LogP contribution in [0.5, 0.6) is 5.75 Å². The Labute approximate surface area is 88.9 Å². The van der Waals surface area contributed by atoms with Gasteiger partial charge in [-0.25, -0.2) is 0 Å². The fourth-order valence-electron chi connectivity index (χ4n) is 2.30. The van der Waals surface area contributed by atoms with Crippen LogP contribution in [0.3, 0.4) is 0 Å². The van der Waals surface area contributed by atoms with Crippen LogP contribution in [0.4, 0.5) is 0 Å². The molecular weight excluding hydrogens is 188 g/mol. The molecular formula is C13H14O2. The van der Waals surface area contributed by atoms with E-state index in [-0.39, 0.29) is 5.92 Å². The number of carbonyl (C=O) groups excluding carboxylic acids is 1. The fourth-order valence-corrected chi connectivity index (χ4v) is 2.30. The van der Waals surface area contributed by atoms with E-state index in [1.165, 1.54) is 0 Å². The summed E-state index contributed by atoms with van der Waals surface area (Å²) >= 11 is 0. The van der Waals surface area contributed by atoms with Gasteiger partial charge in [0.1, 0.15) is 11.5 Å². The van der Waals surface area contributed by atoms with Gasteiger partial charge in [-0.3, -0.25) is 4.79 Å². The van der Waals surface area contributed by atoms with Crippen LogP contribution in [-0.4, -0.2) is 10.9 Å². The quantitative estimate of drug-likeness (QED) is 0.817. The Hall–Kier alpha value is -1.31. The molecule has 2 aliphatic carbocycles. The van der Waals surface area contributed by atoms with Gasteiger partial charge in [-0.1, -0.05) is 12.1 Å². The second kappa shape index (κ2) is 3.09. The molecule has 15 heavy (non-hydrogen) atoms. The van der Waals surface area contributed by atoms with Gasteiger partial charge < -0.3 is 5.11 Å². The van der Waals surface area contributed by atoms with E-state index < -0.39 is 0 Å². The predicted molar refractivity (Wildman–Crippen MR) is 56.7 cm³/mol. The SMILES string of the molecule is O=C(C1CC1)C1CC1c1cccc(O)c1. The third-order valence-corrected chi connectivity index (χ3v) is 3.43. The van der Waals surface area contributed by atoms with Crippen molar-refractivity contribution in [3.8, 4) is 5.75 Å². The highest BCUT2D eigenvalue weighted by Crippen LogP contribution is 2.52. The Morgan fingerprint density at radius 2 is 2.13 bits per heavy atom. The molecule has 78 valence electrons. The molecule has 2 aliphatic rings. The van der Waals surface area contributed by atoms with Crippen molar-refractivity contribution in [1.82, 2.24) is 0 Å². The molecule has 2 nitrogen and oxygen atoms in total. The Morgan fingerprint density at radius 3 is 2.80 bits per heavy atom. The number of phenols is 1. The van der Waals surface area contributed by atoms with Gasteiger partial charge in [0, 0.05) is 11.8 Å². The standard InChI is InChI=1S/C13H14O2/c14-10-3-1-2-9(6-10)11-7-12(11)13(15)8-4-5-8/h1-3,6,8,11-12,14H,4-5,7H2. The van der Waals surface area contributed by atoms with Crippen molar-refractivity contribution in [2.75, 3.05) is 0 Å². The molecule has 2 heteroatoms. The van der Waals surface area contributed by atoms with E-state index in [9.17, 15) is 9.90 Å². The van der Waals surface area contributed by atoms with Gasteiger partial charge in [0.2, 0.25) is 0 Å². The van der Waals surface area contributed by atoms with Crippen molar-refractivity contribution < 1.29 is 9.90 Å². The zero-order valence-electron chi connectivity index (χ0n) is 8.52. The lowest BCUT2D eigenvalue weighted by molar-refractivity contribution is -0.121.